The summed E-state index contributed by atoms with van der Waals surface area (Å²) in [5, 5.41) is 18.3. The number of benzene rings is 2. The Morgan fingerprint density at radius 2 is 2.06 bits per heavy atom. The Labute approximate surface area is 103 Å². The number of H-pyrrole nitrogens is 1. The van der Waals surface area contributed by atoms with E-state index < -0.39 is 0 Å². The molecule has 0 radical (unpaired) electrons. The lowest BCUT2D eigenvalue weighted by Crippen LogP contribution is -1.84. The summed E-state index contributed by atoms with van der Waals surface area (Å²) in [6.45, 7) is 0. The minimum absolute atomic E-state index is 0.219. The molecule has 0 atom stereocenters. The highest BCUT2D eigenvalue weighted by Gasteiger charge is 2.03. The molecule has 0 bridgehead atoms. The molecule has 5 nitrogen and oxygen atoms in total. The fourth-order valence-electron chi connectivity index (χ4n) is 1.77. The molecule has 0 unspecified atom stereocenters. The van der Waals surface area contributed by atoms with Crippen LogP contribution in [0.4, 0.5) is 5.95 Å². The van der Waals surface area contributed by atoms with Crippen molar-refractivity contribution >= 4 is 22.9 Å². The number of rotatable bonds is 2. The highest BCUT2D eigenvalue weighted by atomic mass is 16.3. The zero-order valence-corrected chi connectivity index (χ0v) is 9.41. The summed E-state index contributed by atoms with van der Waals surface area (Å²) in [7, 11) is 0. The Bertz CT molecular complexity index is 704. The summed E-state index contributed by atoms with van der Waals surface area (Å²) in [6.07, 6.45) is 2.94. The van der Waals surface area contributed by atoms with Gasteiger partial charge in [-0.05, 0) is 11.5 Å². The van der Waals surface area contributed by atoms with Crippen molar-refractivity contribution in [2.75, 3.05) is 0 Å². The number of phenolic OH excluding ortho intramolecular Hbond substituents is 1. The molecule has 0 aliphatic heterocycles. The van der Waals surface area contributed by atoms with Crippen LogP contribution >= 0.6 is 0 Å². The third-order valence-electron chi connectivity index (χ3n) is 2.66. The van der Waals surface area contributed by atoms with Gasteiger partial charge in [-0.15, -0.1) is 0 Å². The number of hydrogen-bond donors (Lipinski definition) is 2. The van der Waals surface area contributed by atoms with Crippen LogP contribution in [0.1, 0.15) is 5.56 Å². The van der Waals surface area contributed by atoms with Gasteiger partial charge in [0, 0.05) is 17.2 Å². The number of aromatic nitrogens is 3. The van der Waals surface area contributed by atoms with E-state index in [9.17, 15) is 5.11 Å². The molecule has 0 saturated carbocycles. The van der Waals surface area contributed by atoms with Gasteiger partial charge < -0.3 is 5.11 Å². The van der Waals surface area contributed by atoms with Gasteiger partial charge in [-0.25, -0.2) is 10.1 Å². The van der Waals surface area contributed by atoms with Gasteiger partial charge in [-0.3, -0.25) is 0 Å². The lowest BCUT2D eigenvalue weighted by molar-refractivity contribution is 0.481. The number of aromatic hydroxyl groups is 1. The number of aromatic amines is 1. The van der Waals surface area contributed by atoms with E-state index in [1.54, 1.807) is 6.21 Å². The van der Waals surface area contributed by atoms with Crippen LogP contribution in [0.15, 0.2) is 47.7 Å². The summed E-state index contributed by atoms with van der Waals surface area (Å²) in [5.74, 6) is 0.624. The van der Waals surface area contributed by atoms with Crippen LogP contribution in [0, 0.1) is 0 Å². The van der Waals surface area contributed by atoms with Gasteiger partial charge in [0.2, 0.25) is 5.95 Å². The molecular formula is C13H10N4O. The topological polar surface area (TPSA) is 74.2 Å². The average Bonchev–Trinajstić information content (AvgIpc) is 2.91. The Balaban J connectivity index is 2.05. The largest absolute Gasteiger partial charge is 0.507 e. The number of nitrogens with one attached hydrogen (secondary N) is 1. The molecule has 1 aromatic heterocycles. The van der Waals surface area contributed by atoms with Gasteiger partial charge >= 0.3 is 0 Å². The first-order valence-corrected chi connectivity index (χ1v) is 5.45. The summed E-state index contributed by atoms with van der Waals surface area (Å²) in [4.78, 5) is 7.97. The van der Waals surface area contributed by atoms with E-state index in [-0.39, 0.29) is 5.75 Å². The first-order valence-electron chi connectivity index (χ1n) is 5.45. The van der Waals surface area contributed by atoms with Crippen molar-refractivity contribution in [1.82, 2.24) is 15.2 Å². The molecule has 5 heteroatoms. The molecule has 0 saturated heterocycles. The molecule has 0 fully saturated rings. The molecule has 2 aromatic carbocycles. The van der Waals surface area contributed by atoms with Crippen LogP contribution in [-0.4, -0.2) is 26.5 Å². The van der Waals surface area contributed by atoms with Gasteiger partial charge in [0.25, 0.3) is 0 Å². The third-order valence-corrected chi connectivity index (χ3v) is 2.66. The smallest absolute Gasteiger partial charge is 0.245 e. The molecule has 18 heavy (non-hydrogen) atoms. The first kappa shape index (κ1) is 10.5. The van der Waals surface area contributed by atoms with Crippen molar-refractivity contribution in [2.24, 2.45) is 4.99 Å². The minimum Gasteiger partial charge on any atom is -0.507 e. The molecule has 3 rings (SSSR count). The van der Waals surface area contributed by atoms with Crippen LogP contribution in [0.2, 0.25) is 0 Å². The van der Waals surface area contributed by atoms with E-state index in [4.69, 9.17) is 0 Å². The monoisotopic (exact) mass is 238 g/mol. The van der Waals surface area contributed by atoms with Crippen molar-refractivity contribution in [1.29, 1.82) is 0 Å². The van der Waals surface area contributed by atoms with Crippen LogP contribution in [0.25, 0.3) is 10.8 Å². The number of hydrogen-bond acceptors (Lipinski definition) is 4. The van der Waals surface area contributed by atoms with Crippen molar-refractivity contribution in [3.63, 3.8) is 0 Å². The fraction of sp³-hybridized carbons (Fsp3) is 0. The molecule has 1 heterocycles. The number of phenols is 1. The van der Waals surface area contributed by atoms with Crippen LogP contribution < -0.4 is 0 Å². The molecule has 88 valence electrons. The van der Waals surface area contributed by atoms with Gasteiger partial charge in [0.15, 0.2) is 0 Å². The van der Waals surface area contributed by atoms with E-state index in [1.807, 2.05) is 36.4 Å². The van der Waals surface area contributed by atoms with Gasteiger partial charge in [-0.1, -0.05) is 30.3 Å². The van der Waals surface area contributed by atoms with Crippen molar-refractivity contribution in [3.05, 3.63) is 48.3 Å². The van der Waals surface area contributed by atoms with Crippen LogP contribution in [0.5, 0.6) is 5.75 Å². The molecule has 2 N–H and O–H groups in total. The Morgan fingerprint density at radius 3 is 2.89 bits per heavy atom. The second-order valence-electron chi connectivity index (χ2n) is 3.79. The van der Waals surface area contributed by atoms with Crippen molar-refractivity contribution in [2.45, 2.75) is 0 Å². The summed E-state index contributed by atoms with van der Waals surface area (Å²) in [5.41, 5.74) is 0.644. The van der Waals surface area contributed by atoms with E-state index in [0.29, 0.717) is 11.5 Å². The van der Waals surface area contributed by atoms with E-state index >= 15 is 0 Å². The van der Waals surface area contributed by atoms with Gasteiger partial charge in [-0.2, -0.15) is 10.1 Å². The second kappa shape index (κ2) is 4.29. The lowest BCUT2D eigenvalue weighted by atomic mass is 10.1. The van der Waals surface area contributed by atoms with E-state index in [0.717, 1.165) is 10.8 Å². The van der Waals surface area contributed by atoms with Crippen LogP contribution in [-0.2, 0) is 0 Å². The Morgan fingerprint density at radius 1 is 1.17 bits per heavy atom. The molecule has 0 aliphatic carbocycles. The second-order valence-corrected chi connectivity index (χ2v) is 3.79. The zero-order chi connectivity index (χ0) is 12.4. The maximum absolute atomic E-state index is 10.1. The number of nitrogens with zero attached hydrogens (tertiary/aromatic N) is 3. The third kappa shape index (κ3) is 1.82. The average molecular weight is 238 g/mol. The normalized spacial score (nSPS) is 11.3. The quantitative estimate of drug-likeness (QED) is 0.673. The molecule has 0 aliphatic rings. The van der Waals surface area contributed by atoms with Crippen molar-refractivity contribution in [3.8, 4) is 5.75 Å². The van der Waals surface area contributed by atoms with Crippen molar-refractivity contribution < 1.29 is 5.11 Å². The summed E-state index contributed by atoms with van der Waals surface area (Å²) >= 11 is 0. The lowest BCUT2D eigenvalue weighted by Gasteiger charge is -2.03. The molecular weight excluding hydrogens is 228 g/mol. The van der Waals surface area contributed by atoms with Crippen LogP contribution in [0.3, 0.4) is 0 Å². The molecule has 0 amide bonds. The van der Waals surface area contributed by atoms with Gasteiger partial charge in [0.05, 0.1) is 0 Å². The Kier molecular flexibility index (Phi) is 2.49. The maximum atomic E-state index is 10.1. The number of fused-ring (bicyclic) bond motifs is 1. The number of aliphatic imine (C=N–C) groups is 1. The van der Waals surface area contributed by atoms with E-state index in [2.05, 4.69) is 20.2 Å². The predicted octanol–water partition coefficient (Wildman–Crippen LogP) is 2.41. The highest BCUT2D eigenvalue weighted by molar-refractivity contribution is 5.97. The summed E-state index contributed by atoms with van der Waals surface area (Å²) in [6, 6.07) is 11.4. The maximum Gasteiger partial charge on any atom is 0.245 e. The zero-order valence-electron chi connectivity index (χ0n) is 9.41. The SMILES string of the molecule is Oc1c(/C=N/c2ncn[nH]2)ccc2ccccc12. The van der Waals surface area contributed by atoms with E-state index in [1.165, 1.54) is 6.33 Å². The molecule has 0 spiro atoms. The predicted molar refractivity (Wildman–Crippen MR) is 69.2 cm³/mol. The fourth-order valence-corrected chi connectivity index (χ4v) is 1.77. The molecule has 3 aromatic rings. The minimum atomic E-state index is 0.219. The first-order chi connectivity index (χ1) is 8.84. The standard InChI is InChI=1S/C13H10N4O/c18-12-10(7-14-13-15-8-16-17-13)6-5-9-3-1-2-4-11(9)12/h1-8,18H,(H,15,16,17)/b14-7+. The van der Waals surface area contributed by atoms with Gasteiger partial charge in [0.1, 0.15) is 12.1 Å². The summed E-state index contributed by atoms with van der Waals surface area (Å²) < 4.78 is 0. The Hall–Kier alpha value is -2.69. The highest BCUT2D eigenvalue weighted by Crippen LogP contribution is 2.27.